The molecule has 9 nitrogen and oxygen atoms in total. The largest absolute Gasteiger partial charge is 0.459 e. The number of aromatic nitrogens is 3. The minimum Gasteiger partial charge on any atom is -0.459 e. The Morgan fingerprint density at radius 2 is 2.08 bits per heavy atom. The Hall–Kier alpha value is -2.79. The summed E-state index contributed by atoms with van der Waals surface area (Å²) >= 11 is 0. The summed E-state index contributed by atoms with van der Waals surface area (Å²) in [5.41, 5.74) is 0.591. The Balaban J connectivity index is 1.52. The van der Waals surface area contributed by atoms with Gasteiger partial charge in [0.25, 0.3) is 0 Å². The molecule has 26 heavy (non-hydrogen) atoms. The van der Waals surface area contributed by atoms with Crippen LogP contribution in [0.2, 0.25) is 0 Å². The van der Waals surface area contributed by atoms with Crippen LogP contribution in [0.15, 0.2) is 44.7 Å². The van der Waals surface area contributed by atoms with E-state index in [9.17, 15) is 17.6 Å². The maximum Gasteiger partial charge on any atom is 0.417 e. The first-order valence-corrected chi connectivity index (χ1v) is 9.13. The minimum absolute atomic E-state index is 0.00644. The highest BCUT2D eigenvalue weighted by Crippen LogP contribution is 2.25. The number of benzene rings is 1. The van der Waals surface area contributed by atoms with E-state index in [1.54, 1.807) is 0 Å². The van der Waals surface area contributed by atoms with E-state index in [2.05, 4.69) is 15.0 Å². The standard InChI is InChI=1S/C15H13FN4O5S/c16-9-6-17-14(18-7-9)24-10-3-4-20(8-10)26(22,23)11-1-2-13-12(5-11)19-15(21)25-13/h1-2,5-7,10H,3-4,8H2,(H,19,21)/t10-/m0/s1. The molecule has 4 rings (SSSR count). The first-order valence-electron chi connectivity index (χ1n) is 7.69. The van der Waals surface area contributed by atoms with Crippen LogP contribution in [-0.4, -0.2) is 46.9 Å². The molecule has 3 aromatic rings. The third kappa shape index (κ3) is 3.06. The molecule has 1 aromatic carbocycles. The van der Waals surface area contributed by atoms with Crippen molar-refractivity contribution < 1.29 is 22.0 Å². The van der Waals surface area contributed by atoms with Gasteiger partial charge < -0.3 is 9.15 Å². The summed E-state index contributed by atoms with van der Waals surface area (Å²) in [5.74, 6) is -1.23. The van der Waals surface area contributed by atoms with E-state index >= 15 is 0 Å². The second-order valence-corrected chi connectivity index (χ2v) is 7.69. The molecule has 0 unspecified atom stereocenters. The number of ether oxygens (including phenoxy) is 1. The summed E-state index contributed by atoms with van der Waals surface area (Å²) in [6.45, 7) is 0.372. The predicted molar refractivity (Wildman–Crippen MR) is 86.6 cm³/mol. The number of rotatable bonds is 4. The number of aromatic amines is 1. The Morgan fingerprint density at radius 3 is 2.85 bits per heavy atom. The van der Waals surface area contributed by atoms with Crippen molar-refractivity contribution in [2.24, 2.45) is 0 Å². The van der Waals surface area contributed by atoms with Crippen molar-refractivity contribution in [2.75, 3.05) is 13.1 Å². The number of oxazole rings is 1. The molecule has 1 fully saturated rings. The Kier molecular flexibility index (Phi) is 3.96. The molecule has 0 radical (unpaired) electrons. The molecule has 3 heterocycles. The van der Waals surface area contributed by atoms with E-state index in [0.717, 1.165) is 12.4 Å². The van der Waals surface area contributed by atoms with Crippen molar-refractivity contribution in [1.82, 2.24) is 19.3 Å². The van der Waals surface area contributed by atoms with Crippen molar-refractivity contribution >= 4 is 21.1 Å². The Morgan fingerprint density at radius 1 is 1.31 bits per heavy atom. The fraction of sp³-hybridized carbons (Fsp3) is 0.267. The van der Waals surface area contributed by atoms with Gasteiger partial charge in [-0.25, -0.2) is 27.6 Å². The molecule has 1 atom stereocenters. The van der Waals surface area contributed by atoms with Gasteiger partial charge in [-0.15, -0.1) is 0 Å². The van der Waals surface area contributed by atoms with Crippen LogP contribution in [0.25, 0.3) is 11.1 Å². The average Bonchev–Trinajstić information content (AvgIpc) is 3.22. The van der Waals surface area contributed by atoms with Crippen molar-refractivity contribution in [2.45, 2.75) is 17.4 Å². The number of nitrogens with zero attached hydrogens (tertiary/aromatic N) is 3. The second kappa shape index (κ2) is 6.18. The van der Waals surface area contributed by atoms with E-state index in [1.807, 2.05) is 0 Å². The van der Waals surface area contributed by atoms with E-state index in [-0.39, 0.29) is 29.6 Å². The molecular weight excluding hydrogens is 367 g/mol. The molecule has 1 saturated heterocycles. The zero-order valence-corrected chi connectivity index (χ0v) is 14.1. The number of halogens is 1. The lowest BCUT2D eigenvalue weighted by Crippen LogP contribution is -2.31. The number of sulfonamides is 1. The van der Waals surface area contributed by atoms with E-state index < -0.39 is 27.7 Å². The first-order chi connectivity index (χ1) is 12.4. The van der Waals surface area contributed by atoms with Crippen LogP contribution in [-0.2, 0) is 10.0 Å². The summed E-state index contributed by atoms with van der Waals surface area (Å²) in [6.07, 6.45) is 1.97. The van der Waals surface area contributed by atoms with Crippen molar-refractivity contribution in [3.8, 4) is 6.01 Å². The number of H-pyrrole nitrogens is 1. The summed E-state index contributed by atoms with van der Waals surface area (Å²) < 4.78 is 50.1. The molecule has 0 bridgehead atoms. The molecule has 1 aliphatic rings. The molecular formula is C15H13FN4O5S. The van der Waals surface area contributed by atoms with Crippen LogP contribution >= 0.6 is 0 Å². The van der Waals surface area contributed by atoms with Gasteiger partial charge in [-0.05, 0) is 24.6 Å². The number of nitrogens with one attached hydrogen (secondary N) is 1. The highest BCUT2D eigenvalue weighted by atomic mass is 32.2. The maximum absolute atomic E-state index is 12.8. The van der Waals surface area contributed by atoms with Gasteiger partial charge in [0.05, 0.1) is 29.4 Å². The van der Waals surface area contributed by atoms with Crippen LogP contribution < -0.4 is 10.5 Å². The summed E-state index contributed by atoms with van der Waals surface area (Å²) in [4.78, 5) is 21.1. The summed E-state index contributed by atoms with van der Waals surface area (Å²) in [6, 6.07) is 4.16. The third-order valence-electron chi connectivity index (χ3n) is 4.00. The fourth-order valence-corrected chi connectivity index (χ4v) is 4.28. The normalized spacial score (nSPS) is 18.4. The molecule has 0 aliphatic carbocycles. The molecule has 2 aromatic heterocycles. The number of fused-ring (bicyclic) bond motifs is 1. The Labute approximate surface area is 146 Å². The first kappa shape index (κ1) is 16.7. The van der Waals surface area contributed by atoms with Gasteiger partial charge >= 0.3 is 11.8 Å². The summed E-state index contributed by atoms with van der Waals surface area (Å²) in [7, 11) is -3.76. The second-order valence-electron chi connectivity index (χ2n) is 5.75. The van der Waals surface area contributed by atoms with E-state index in [0.29, 0.717) is 11.9 Å². The van der Waals surface area contributed by atoms with Crippen LogP contribution in [0, 0.1) is 5.82 Å². The number of hydrogen-bond acceptors (Lipinski definition) is 7. The van der Waals surface area contributed by atoms with Gasteiger partial charge in [0.2, 0.25) is 10.0 Å². The van der Waals surface area contributed by atoms with Crippen LogP contribution in [0.5, 0.6) is 6.01 Å². The lowest BCUT2D eigenvalue weighted by molar-refractivity contribution is 0.197. The third-order valence-corrected chi connectivity index (χ3v) is 5.87. The fourth-order valence-electron chi connectivity index (χ4n) is 2.76. The molecule has 1 aliphatic heterocycles. The van der Waals surface area contributed by atoms with E-state index in [1.165, 1.54) is 22.5 Å². The molecule has 0 saturated carbocycles. The molecule has 136 valence electrons. The zero-order chi connectivity index (χ0) is 18.3. The lowest BCUT2D eigenvalue weighted by atomic mass is 10.3. The van der Waals surface area contributed by atoms with Gasteiger partial charge in [-0.3, -0.25) is 4.98 Å². The lowest BCUT2D eigenvalue weighted by Gasteiger charge is -2.16. The van der Waals surface area contributed by atoms with Crippen molar-refractivity contribution in [1.29, 1.82) is 0 Å². The van der Waals surface area contributed by atoms with E-state index in [4.69, 9.17) is 9.15 Å². The molecule has 11 heteroatoms. The molecule has 0 amide bonds. The van der Waals surface area contributed by atoms with Gasteiger partial charge in [-0.2, -0.15) is 4.31 Å². The molecule has 0 spiro atoms. The highest BCUT2D eigenvalue weighted by molar-refractivity contribution is 7.89. The minimum atomic E-state index is -3.76. The zero-order valence-electron chi connectivity index (χ0n) is 13.3. The van der Waals surface area contributed by atoms with Crippen LogP contribution in [0.4, 0.5) is 4.39 Å². The van der Waals surface area contributed by atoms with Gasteiger partial charge in [0.1, 0.15) is 6.10 Å². The average molecular weight is 380 g/mol. The predicted octanol–water partition coefficient (Wildman–Crippen LogP) is 0.892. The molecule has 1 N–H and O–H groups in total. The topological polar surface area (TPSA) is 118 Å². The quantitative estimate of drug-likeness (QED) is 0.714. The Bertz CT molecular complexity index is 1110. The van der Waals surface area contributed by atoms with Crippen molar-refractivity contribution in [3.63, 3.8) is 0 Å². The summed E-state index contributed by atoms with van der Waals surface area (Å²) in [5, 5.41) is 0. The smallest absolute Gasteiger partial charge is 0.417 e. The maximum atomic E-state index is 12.8. The monoisotopic (exact) mass is 380 g/mol. The SMILES string of the molecule is O=c1[nH]c2cc(S(=O)(=O)N3CC[C@H](Oc4ncc(F)cn4)C3)ccc2o1. The van der Waals surface area contributed by atoms with Crippen LogP contribution in [0.3, 0.4) is 0 Å². The van der Waals surface area contributed by atoms with Gasteiger partial charge in [0.15, 0.2) is 11.4 Å². The van der Waals surface area contributed by atoms with Gasteiger partial charge in [0, 0.05) is 6.54 Å². The highest BCUT2D eigenvalue weighted by Gasteiger charge is 2.34. The number of hydrogen-bond donors (Lipinski definition) is 1. The van der Waals surface area contributed by atoms with Crippen LogP contribution in [0.1, 0.15) is 6.42 Å². The van der Waals surface area contributed by atoms with Crippen molar-refractivity contribution in [3.05, 3.63) is 47.0 Å². The van der Waals surface area contributed by atoms with Gasteiger partial charge in [-0.1, -0.05) is 0 Å².